The van der Waals surface area contributed by atoms with Crippen molar-refractivity contribution in [3.63, 3.8) is 0 Å². The number of hydrogen-bond donors (Lipinski definition) is 0. The molecule has 1 amide bonds. The molecule has 6 nitrogen and oxygen atoms in total. The van der Waals surface area contributed by atoms with Crippen LogP contribution >= 0.6 is 0 Å². The Morgan fingerprint density at radius 1 is 0.964 bits per heavy atom. The normalized spacial score (nSPS) is 18.4. The number of halogens is 1. The Hall–Kier alpha value is -2.70. The molecule has 0 saturated carbocycles. The van der Waals surface area contributed by atoms with Crippen LogP contribution in [-0.2, 0) is 0 Å². The number of anilines is 2. The number of para-hydroxylation sites is 1. The number of piperidine rings is 1. The van der Waals surface area contributed by atoms with Gasteiger partial charge in [-0.05, 0) is 30.9 Å². The molecule has 2 aromatic rings. The summed E-state index contributed by atoms with van der Waals surface area (Å²) < 4.78 is 14.0. The number of nitrogens with zero attached hydrogens (tertiary/aromatic N) is 5. The van der Waals surface area contributed by atoms with Crippen LogP contribution in [0.4, 0.5) is 16.0 Å². The molecule has 2 aliphatic heterocycles. The number of carbonyl (C=O) groups excluding carboxylic acids is 1. The molecular weight excluding hydrogens is 357 g/mol. The Labute approximate surface area is 165 Å². The second-order valence-corrected chi connectivity index (χ2v) is 7.67. The lowest BCUT2D eigenvalue weighted by Crippen LogP contribution is -2.47. The third kappa shape index (κ3) is 3.93. The van der Waals surface area contributed by atoms with E-state index in [0.29, 0.717) is 49.3 Å². The van der Waals surface area contributed by atoms with Crippen molar-refractivity contribution in [2.75, 3.05) is 49.1 Å². The van der Waals surface area contributed by atoms with Crippen LogP contribution in [0.5, 0.6) is 0 Å². The summed E-state index contributed by atoms with van der Waals surface area (Å²) in [7, 11) is 0. The summed E-state index contributed by atoms with van der Waals surface area (Å²) in [5.74, 6) is 1.13. The van der Waals surface area contributed by atoms with E-state index >= 15 is 0 Å². The Balaban J connectivity index is 1.36. The zero-order valence-corrected chi connectivity index (χ0v) is 16.2. The summed E-state index contributed by atoms with van der Waals surface area (Å²) in [6, 6.07) is 6.86. The molecule has 0 radical (unpaired) electrons. The van der Waals surface area contributed by atoms with Crippen LogP contribution in [-0.4, -0.2) is 60.0 Å². The molecule has 2 saturated heterocycles. The summed E-state index contributed by atoms with van der Waals surface area (Å²) in [6.07, 6.45) is 5.37. The van der Waals surface area contributed by atoms with Crippen LogP contribution in [0, 0.1) is 11.7 Å². The van der Waals surface area contributed by atoms with E-state index in [-0.39, 0.29) is 11.7 Å². The van der Waals surface area contributed by atoms with Gasteiger partial charge in [0.25, 0.3) is 5.91 Å². The fraction of sp³-hybridized carbons (Fsp3) is 0.476. The van der Waals surface area contributed by atoms with Gasteiger partial charge >= 0.3 is 0 Å². The van der Waals surface area contributed by atoms with Gasteiger partial charge in [-0.3, -0.25) is 4.79 Å². The van der Waals surface area contributed by atoms with E-state index < -0.39 is 0 Å². The molecule has 2 fully saturated rings. The number of benzene rings is 1. The lowest BCUT2D eigenvalue weighted by molar-refractivity contribution is 0.0696. The maximum absolute atomic E-state index is 14.0. The minimum Gasteiger partial charge on any atom is -0.366 e. The lowest BCUT2D eigenvalue weighted by Gasteiger charge is -2.36. The predicted molar refractivity (Wildman–Crippen MR) is 107 cm³/mol. The zero-order valence-electron chi connectivity index (χ0n) is 16.2. The molecule has 0 atom stereocenters. The third-order valence-electron chi connectivity index (χ3n) is 5.71. The van der Waals surface area contributed by atoms with Crippen LogP contribution < -0.4 is 9.80 Å². The second kappa shape index (κ2) is 8.12. The minimum absolute atomic E-state index is 0.0165. The molecule has 0 bridgehead atoms. The van der Waals surface area contributed by atoms with E-state index in [1.54, 1.807) is 18.5 Å². The number of carbonyl (C=O) groups is 1. The molecule has 28 heavy (non-hydrogen) atoms. The van der Waals surface area contributed by atoms with Crippen molar-refractivity contribution in [2.45, 2.75) is 19.8 Å². The van der Waals surface area contributed by atoms with Gasteiger partial charge in [0, 0.05) is 51.7 Å². The van der Waals surface area contributed by atoms with Gasteiger partial charge in [0.2, 0.25) is 5.95 Å². The van der Waals surface area contributed by atoms with Crippen molar-refractivity contribution in [3.8, 4) is 0 Å². The van der Waals surface area contributed by atoms with Crippen molar-refractivity contribution < 1.29 is 9.18 Å². The number of hydrogen-bond acceptors (Lipinski definition) is 5. The van der Waals surface area contributed by atoms with Crippen LogP contribution in [0.3, 0.4) is 0 Å². The molecule has 3 heterocycles. The van der Waals surface area contributed by atoms with E-state index in [9.17, 15) is 9.18 Å². The average Bonchev–Trinajstić information content (AvgIpc) is 2.74. The number of rotatable bonds is 3. The Morgan fingerprint density at radius 2 is 1.57 bits per heavy atom. The van der Waals surface area contributed by atoms with Gasteiger partial charge in [-0.25, -0.2) is 14.4 Å². The molecule has 4 rings (SSSR count). The summed E-state index contributed by atoms with van der Waals surface area (Å²) in [4.78, 5) is 27.5. The predicted octanol–water partition coefficient (Wildman–Crippen LogP) is 2.81. The summed E-state index contributed by atoms with van der Waals surface area (Å²) in [5.41, 5.74) is 1.18. The maximum atomic E-state index is 14.0. The highest BCUT2D eigenvalue weighted by Crippen LogP contribution is 2.22. The van der Waals surface area contributed by atoms with E-state index in [1.165, 1.54) is 6.07 Å². The number of piperazine rings is 1. The first-order chi connectivity index (χ1) is 13.6. The van der Waals surface area contributed by atoms with Crippen LogP contribution in [0.15, 0.2) is 36.7 Å². The minimum atomic E-state index is -0.192. The highest BCUT2D eigenvalue weighted by Gasteiger charge is 2.24. The topological polar surface area (TPSA) is 52.6 Å². The molecule has 0 N–H and O–H groups in total. The van der Waals surface area contributed by atoms with Gasteiger partial charge in [0.1, 0.15) is 5.82 Å². The average molecular weight is 383 g/mol. The quantitative estimate of drug-likeness (QED) is 0.816. The van der Waals surface area contributed by atoms with E-state index in [4.69, 9.17) is 0 Å². The number of amides is 1. The van der Waals surface area contributed by atoms with Crippen LogP contribution in [0.1, 0.15) is 30.1 Å². The first kappa shape index (κ1) is 18.7. The monoisotopic (exact) mass is 383 g/mol. The highest BCUT2D eigenvalue weighted by molar-refractivity contribution is 5.93. The van der Waals surface area contributed by atoms with Gasteiger partial charge in [0.05, 0.1) is 11.3 Å². The maximum Gasteiger partial charge on any atom is 0.256 e. The van der Waals surface area contributed by atoms with Crippen molar-refractivity contribution >= 4 is 17.5 Å². The molecule has 1 aromatic carbocycles. The SMILES string of the molecule is CC1CCN(C(=O)c2cnc(N3CCN(c4ccccc4F)CC3)nc2)CC1. The van der Waals surface area contributed by atoms with Crippen LogP contribution in [0.2, 0.25) is 0 Å². The second-order valence-electron chi connectivity index (χ2n) is 7.67. The van der Waals surface area contributed by atoms with Crippen molar-refractivity contribution in [2.24, 2.45) is 5.92 Å². The van der Waals surface area contributed by atoms with Gasteiger partial charge in [-0.15, -0.1) is 0 Å². The van der Waals surface area contributed by atoms with Gasteiger partial charge in [-0.2, -0.15) is 0 Å². The first-order valence-electron chi connectivity index (χ1n) is 9.97. The fourth-order valence-electron chi connectivity index (χ4n) is 3.84. The summed E-state index contributed by atoms with van der Waals surface area (Å²) in [6.45, 7) is 6.68. The van der Waals surface area contributed by atoms with Crippen molar-refractivity contribution in [3.05, 3.63) is 48.0 Å². The highest BCUT2D eigenvalue weighted by atomic mass is 19.1. The largest absolute Gasteiger partial charge is 0.366 e. The van der Waals surface area contributed by atoms with E-state index in [2.05, 4.69) is 21.8 Å². The molecular formula is C21H26FN5O. The number of likely N-dealkylation sites (tertiary alicyclic amines) is 1. The molecule has 0 aliphatic carbocycles. The fourth-order valence-corrected chi connectivity index (χ4v) is 3.84. The Morgan fingerprint density at radius 3 is 2.21 bits per heavy atom. The third-order valence-corrected chi connectivity index (χ3v) is 5.71. The smallest absolute Gasteiger partial charge is 0.256 e. The molecule has 7 heteroatoms. The van der Waals surface area contributed by atoms with Gasteiger partial charge < -0.3 is 14.7 Å². The molecule has 148 valence electrons. The Bertz CT molecular complexity index is 812. The van der Waals surface area contributed by atoms with E-state index in [0.717, 1.165) is 25.9 Å². The summed E-state index contributed by atoms with van der Waals surface area (Å²) in [5, 5.41) is 0. The molecule has 2 aliphatic rings. The number of aromatic nitrogens is 2. The molecule has 1 aromatic heterocycles. The zero-order chi connectivity index (χ0) is 19.5. The first-order valence-corrected chi connectivity index (χ1v) is 9.97. The lowest BCUT2D eigenvalue weighted by atomic mass is 9.99. The Kier molecular flexibility index (Phi) is 5.41. The molecule has 0 spiro atoms. The van der Waals surface area contributed by atoms with Gasteiger partial charge in [-0.1, -0.05) is 19.1 Å². The van der Waals surface area contributed by atoms with Gasteiger partial charge in [0.15, 0.2) is 0 Å². The standard InChI is InChI=1S/C21H26FN5O/c1-16-6-8-26(9-7-16)20(28)17-14-23-21(24-15-17)27-12-10-25(11-13-27)19-5-3-2-4-18(19)22/h2-5,14-16H,6-13H2,1H3. The summed E-state index contributed by atoms with van der Waals surface area (Å²) >= 11 is 0. The van der Waals surface area contributed by atoms with Crippen LogP contribution in [0.25, 0.3) is 0 Å². The van der Waals surface area contributed by atoms with Crippen molar-refractivity contribution in [1.29, 1.82) is 0 Å². The molecule has 0 unspecified atom stereocenters. The van der Waals surface area contributed by atoms with Crippen molar-refractivity contribution in [1.82, 2.24) is 14.9 Å². The van der Waals surface area contributed by atoms with E-state index in [1.807, 2.05) is 21.9 Å².